The highest BCUT2D eigenvalue weighted by Gasteiger charge is 2.20. The van der Waals surface area contributed by atoms with Crippen molar-refractivity contribution in [2.45, 2.75) is 188 Å². The summed E-state index contributed by atoms with van der Waals surface area (Å²) in [6.07, 6.45) is 28.4. The molecule has 0 heterocycles. The van der Waals surface area contributed by atoms with E-state index in [9.17, 15) is 9.59 Å². The molecule has 0 aliphatic heterocycles. The van der Waals surface area contributed by atoms with E-state index in [1.807, 2.05) is 0 Å². The zero-order valence-corrected chi connectivity index (χ0v) is 32.1. The van der Waals surface area contributed by atoms with E-state index in [0.29, 0.717) is 13.2 Å². The molecule has 0 rings (SSSR count). The molecule has 0 aromatic carbocycles. The second-order valence-electron chi connectivity index (χ2n) is 13.4. The van der Waals surface area contributed by atoms with Crippen molar-refractivity contribution in [3.8, 4) is 0 Å². The first-order valence-electron chi connectivity index (χ1n) is 19.6. The lowest BCUT2D eigenvalue weighted by molar-refractivity contribution is -0.150. The minimum absolute atomic E-state index is 0.0491. The quantitative estimate of drug-likeness (QED) is 0.0374. The predicted molar refractivity (Wildman–Crippen MR) is 197 cm³/mol. The van der Waals surface area contributed by atoms with Gasteiger partial charge in [-0.1, -0.05) is 146 Å². The summed E-state index contributed by atoms with van der Waals surface area (Å²) in [7, 11) is 0. The second-order valence-corrected chi connectivity index (χ2v) is 14.2. The SMILES string of the molecule is CCCCCCC(CCCC)C(=O)OCCCCCCN(CCCBr)CCCCCCOC(=O)C(CCCC)CCCCCC. The molecule has 0 saturated heterocycles. The standard InChI is InChI=1S/C39H76BrNO4/c1-5-9-13-19-28-36(26-11-7-3)38(42)44-34-23-17-15-21-31-41(33-25-30-40)32-22-16-18-24-35-45-39(43)37(27-12-8-4)29-20-14-10-6-2/h36-37H,5-35H2,1-4H3. The van der Waals surface area contributed by atoms with Gasteiger partial charge in [0, 0.05) is 5.33 Å². The van der Waals surface area contributed by atoms with Gasteiger partial charge in [0.15, 0.2) is 0 Å². The number of carbonyl (C=O) groups excluding carboxylic acids is 2. The van der Waals surface area contributed by atoms with Crippen LogP contribution in [0.1, 0.15) is 188 Å². The first-order chi connectivity index (χ1) is 22.0. The summed E-state index contributed by atoms with van der Waals surface area (Å²) in [5, 5.41) is 1.05. The molecule has 0 aromatic heterocycles. The Labute approximate surface area is 289 Å². The van der Waals surface area contributed by atoms with Crippen molar-refractivity contribution in [3.05, 3.63) is 0 Å². The normalized spacial score (nSPS) is 12.8. The van der Waals surface area contributed by atoms with Crippen LogP contribution in [0, 0.1) is 11.8 Å². The molecule has 6 heteroatoms. The van der Waals surface area contributed by atoms with E-state index in [1.54, 1.807) is 0 Å². The van der Waals surface area contributed by atoms with Gasteiger partial charge in [-0.25, -0.2) is 0 Å². The maximum atomic E-state index is 12.7. The van der Waals surface area contributed by atoms with Crippen LogP contribution in [0.4, 0.5) is 0 Å². The minimum atomic E-state index is 0.0491. The zero-order chi connectivity index (χ0) is 33.2. The van der Waals surface area contributed by atoms with Gasteiger partial charge in [-0.05, 0) is 77.4 Å². The Morgan fingerprint density at radius 2 is 0.822 bits per heavy atom. The molecule has 5 nitrogen and oxygen atoms in total. The molecule has 2 unspecified atom stereocenters. The average Bonchev–Trinajstić information content (AvgIpc) is 3.04. The third-order valence-electron chi connectivity index (χ3n) is 9.13. The van der Waals surface area contributed by atoms with E-state index in [-0.39, 0.29) is 23.8 Å². The maximum Gasteiger partial charge on any atom is 0.308 e. The van der Waals surface area contributed by atoms with Crippen molar-refractivity contribution < 1.29 is 19.1 Å². The third-order valence-corrected chi connectivity index (χ3v) is 9.69. The zero-order valence-electron chi connectivity index (χ0n) is 30.5. The van der Waals surface area contributed by atoms with Crippen molar-refractivity contribution in [3.63, 3.8) is 0 Å². The first kappa shape index (κ1) is 44.4. The molecular weight excluding hydrogens is 626 g/mol. The molecule has 268 valence electrons. The lowest BCUT2D eigenvalue weighted by Crippen LogP contribution is -2.27. The molecule has 0 fully saturated rings. The maximum absolute atomic E-state index is 12.7. The van der Waals surface area contributed by atoms with Gasteiger partial charge in [0.1, 0.15) is 0 Å². The molecule has 2 atom stereocenters. The lowest BCUT2D eigenvalue weighted by atomic mass is 9.95. The predicted octanol–water partition coefficient (Wildman–Crippen LogP) is 11.8. The highest BCUT2D eigenvalue weighted by atomic mass is 79.9. The third kappa shape index (κ3) is 28.1. The van der Waals surface area contributed by atoms with Crippen LogP contribution in [0.15, 0.2) is 0 Å². The summed E-state index contributed by atoms with van der Waals surface area (Å²) in [4.78, 5) is 27.9. The van der Waals surface area contributed by atoms with Crippen LogP contribution in [-0.4, -0.2) is 55.0 Å². The number of carbonyl (C=O) groups is 2. The van der Waals surface area contributed by atoms with Crippen LogP contribution < -0.4 is 0 Å². The second kappa shape index (κ2) is 34.7. The molecule has 0 aliphatic rings. The number of alkyl halides is 1. The van der Waals surface area contributed by atoms with Crippen LogP contribution in [0.5, 0.6) is 0 Å². The van der Waals surface area contributed by atoms with Gasteiger partial charge in [-0.15, -0.1) is 0 Å². The highest BCUT2D eigenvalue weighted by molar-refractivity contribution is 9.09. The van der Waals surface area contributed by atoms with Crippen LogP contribution >= 0.6 is 15.9 Å². The summed E-state index contributed by atoms with van der Waals surface area (Å²) in [6.45, 7) is 13.5. The van der Waals surface area contributed by atoms with Gasteiger partial charge < -0.3 is 14.4 Å². The Morgan fingerprint density at radius 3 is 1.22 bits per heavy atom. The van der Waals surface area contributed by atoms with Gasteiger partial charge in [-0.2, -0.15) is 0 Å². The fourth-order valence-corrected chi connectivity index (χ4v) is 6.33. The summed E-state index contributed by atoms with van der Waals surface area (Å²) in [5.74, 6) is 0.307. The smallest absolute Gasteiger partial charge is 0.308 e. The molecule has 0 aliphatic carbocycles. The van der Waals surface area contributed by atoms with Gasteiger partial charge in [0.2, 0.25) is 0 Å². The van der Waals surface area contributed by atoms with Crippen molar-refractivity contribution in [1.29, 1.82) is 0 Å². The topological polar surface area (TPSA) is 55.8 Å². The molecule has 0 radical (unpaired) electrons. The summed E-state index contributed by atoms with van der Waals surface area (Å²) >= 11 is 3.60. The number of ether oxygens (including phenoxy) is 2. The van der Waals surface area contributed by atoms with Crippen LogP contribution in [-0.2, 0) is 19.1 Å². The van der Waals surface area contributed by atoms with Crippen molar-refractivity contribution in [1.82, 2.24) is 4.90 Å². The molecule has 0 N–H and O–H groups in total. The number of halogens is 1. The first-order valence-corrected chi connectivity index (χ1v) is 20.8. The van der Waals surface area contributed by atoms with Gasteiger partial charge in [-0.3, -0.25) is 9.59 Å². The average molecular weight is 703 g/mol. The Morgan fingerprint density at radius 1 is 0.467 bits per heavy atom. The monoisotopic (exact) mass is 701 g/mol. The van der Waals surface area contributed by atoms with Gasteiger partial charge >= 0.3 is 11.9 Å². The van der Waals surface area contributed by atoms with Crippen LogP contribution in [0.2, 0.25) is 0 Å². The fourth-order valence-electron chi connectivity index (χ4n) is 6.08. The fraction of sp³-hybridized carbons (Fsp3) is 0.949. The highest BCUT2D eigenvalue weighted by Crippen LogP contribution is 2.21. The van der Waals surface area contributed by atoms with Gasteiger partial charge in [0.25, 0.3) is 0 Å². The minimum Gasteiger partial charge on any atom is -0.465 e. The molecule has 0 aromatic rings. The van der Waals surface area contributed by atoms with E-state index in [4.69, 9.17) is 9.47 Å². The number of rotatable bonds is 35. The molecule has 0 amide bonds. The molecule has 0 bridgehead atoms. The lowest BCUT2D eigenvalue weighted by Gasteiger charge is -2.22. The summed E-state index contributed by atoms with van der Waals surface area (Å²) < 4.78 is 11.4. The largest absolute Gasteiger partial charge is 0.465 e. The van der Waals surface area contributed by atoms with Crippen molar-refractivity contribution in [2.24, 2.45) is 11.8 Å². The Hall–Kier alpha value is -0.620. The van der Waals surface area contributed by atoms with Crippen LogP contribution in [0.25, 0.3) is 0 Å². The number of nitrogens with zero attached hydrogens (tertiary/aromatic N) is 1. The number of hydrogen-bond acceptors (Lipinski definition) is 5. The van der Waals surface area contributed by atoms with Crippen LogP contribution in [0.3, 0.4) is 0 Å². The molecule has 0 saturated carbocycles. The van der Waals surface area contributed by atoms with E-state index in [0.717, 1.165) is 115 Å². The van der Waals surface area contributed by atoms with E-state index >= 15 is 0 Å². The van der Waals surface area contributed by atoms with E-state index in [1.165, 1.54) is 70.6 Å². The number of unbranched alkanes of at least 4 members (excludes halogenated alkanes) is 14. The Bertz CT molecular complexity index is 597. The van der Waals surface area contributed by atoms with Crippen molar-refractivity contribution >= 4 is 27.9 Å². The van der Waals surface area contributed by atoms with E-state index < -0.39 is 0 Å². The van der Waals surface area contributed by atoms with E-state index in [2.05, 4.69) is 48.5 Å². The Balaban J connectivity index is 4.12. The molecular formula is C39H76BrNO4. The molecule has 45 heavy (non-hydrogen) atoms. The molecule has 0 spiro atoms. The Kier molecular flexibility index (Phi) is 34.2. The van der Waals surface area contributed by atoms with Gasteiger partial charge in [0.05, 0.1) is 25.0 Å². The summed E-state index contributed by atoms with van der Waals surface area (Å²) in [6, 6.07) is 0. The number of hydrogen-bond donors (Lipinski definition) is 0. The number of esters is 2. The van der Waals surface area contributed by atoms with Crippen molar-refractivity contribution in [2.75, 3.05) is 38.2 Å². The summed E-state index contributed by atoms with van der Waals surface area (Å²) in [5.41, 5.74) is 0.